The van der Waals surface area contributed by atoms with Crippen LogP contribution in [-0.4, -0.2) is 18.8 Å². The van der Waals surface area contributed by atoms with Crippen molar-refractivity contribution in [3.8, 4) is 0 Å². The molecule has 0 aliphatic rings. The summed E-state index contributed by atoms with van der Waals surface area (Å²) in [4.78, 5) is 2.09. The first-order valence-electron chi connectivity index (χ1n) is 5.89. The third-order valence-corrected chi connectivity index (χ3v) is 2.47. The van der Waals surface area contributed by atoms with Gasteiger partial charge >= 0.3 is 6.98 Å². The molecule has 18 heavy (non-hydrogen) atoms. The van der Waals surface area contributed by atoms with Crippen LogP contribution in [0.15, 0.2) is 80.2 Å². The lowest BCUT2D eigenvalue weighted by Crippen LogP contribution is -2.52. The lowest BCUT2D eigenvalue weighted by Gasteiger charge is -2.23. The van der Waals surface area contributed by atoms with Gasteiger partial charge < -0.3 is 10.0 Å². The lowest BCUT2D eigenvalue weighted by atomic mass is 9.66. The summed E-state index contributed by atoms with van der Waals surface area (Å²) in [5, 5.41) is 3.33. The monoisotopic (exact) mass is 238 g/mol. The Bertz CT molecular complexity index is 423. The van der Waals surface area contributed by atoms with Gasteiger partial charge in [-0.1, -0.05) is 55.6 Å². The Kier molecular flexibility index (Phi) is 6.19. The van der Waals surface area contributed by atoms with Gasteiger partial charge in [-0.3, -0.25) is 0 Å². The zero-order chi connectivity index (χ0) is 13.2. The average molecular weight is 238 g/mol. The van der Waals surface area contributed by atoms with E-state index in [0.717, 1.165) is 0 Å². The summed E-state index contributed by atoms with van der Waals surface area (Å²) >= 11 is 0. The van der Waals surface area contributed by atoms with E-state index in [0.29, 0.717) is 0 Å². The molecule has 0 amide bonds. The molecule has 92 valence electrons. The molecule has 0 aliphatic carbocycles. The van der Waals surface area contributed by atoms with Crippen LogP contribution in [0, 0.1) is 0 Å². The smallest absolute Gasteiger partial charge is 0.407 e. The fourth-order valence-electron chi connectivity index (χ4n) is 1.58. The van der Waals surface area contributed by atoms with Crippen LogP contribution in [-0.2, 0) is 0 Å². The number of rotatable bonds is 7. The minimum absolute atomic E-state index is 0.0820. The summed E-state index contributed by atoms with van der Waals surface area (Å²) in [5.74, 6) is 0. The van der Waals surface area contributed by atoms with Gasteiger partial charge in [-0.15, -0.1) is 0 Å². The van der Waals surface area contributed by atoms with Crippen molar-refractivity contribution in [2.24, 2.45) is 0 Å². The van der Waals surface area contributed by atoms with Gasteiger partial charge in [0.2, 0.25) is 0 Å². The summed E-state index contributed by atoms with van der Waals surface area (Å²) in [6, 6.07) is 10.3. The zero-order valence-corrected chi connectivity index (χ0v) is 10.8. The Hall–Kier alpha value is -2.16. The summed E-state index contributed by atoms with van der Waals surface area (Å²) in [5.41, 5.74) is 1.20. The van der Waals surface area contributed by atoms with Gasteiger partial charge in [-0.2, -0.15) is 0 Å². The van der Waals surface area contributed by atoms with Gasteiger partial charge in [0.05, 0.1) is 0 Å². The Labute approximate surface area is 110 Å². The molecule has 0 atom stereocenters. The second-order valence-electron chi connectivity index (χ2n) is 3.82. The molecule has 0 aliphatic heterocycles. The van der Waals surface area contributed by atoms with Crippen molar-refractivity contribution in [2.75, 3.05) is 7.05 Å². The van der Waals surface area contributed by atoms with E-state index in [-0.39, 0.29) is 6.98 Å². The Morgan fingerprint density at radius 2 is 1.78 bits per heavy atom. The van der Waals surface area contributed by atoms with Gasteiger partial charge in [0.15, 0.2) is 0 Å². The first kappa shape index (κ1) is 13.9. The molecule has 0 radical (unpaired) electrons. The minimum atomic E-state index is 0.0820. The highest BCUT2D eigenvalue weighted by atomic mass is 15.1. The molecule has 0 bridgehead atoms. The molecule has 3 heteroatoms. The lowest BCUT2D eigenvalue weighted by molar-refractivity contribution is 0.703. The highest BCUT2D eigenvalue weighted by molar-refractivity contribution is 6.68. The van der Waals surface area contributed by atoms with Crippen molar-refractivity contribution in [1.29, 1.82) is 0 Å². The summed E-state index contributed by atoms with van der Waals surface area (Å²) in [6.45, 7) is 7.42. The largest absolute Gasteiger partial charge is 0.411 e. The summed E-state index contributed by atoms with van der Waals surface area (Å²) in [6.07, 6.45) is 11.2. The number of hydrogen-bond acceptors (Lipinski definition) is 2. The molecule has 0 saturated heterocycles. The quantitative estimate of drug-likeness (QED) is 0.579. The van der Waals surface area contributed by atoms with Gasteiger partial charge in [0, 0.05) is 0 Å². The Morgan fingerprint density at radius 1 is 1.11 bits per heavy atom. The Morgan fingerprint density at radius 3 is 2.39 bits per heavy atom. The number of benzene rings is 1. The highest BCUT2D eigenvalue weighted by Crippen LogP contribution is 1.94. The molecule has 1 aromatic rings. The summed E-state index contributed by atoms with van der Waals surface area (Å²) < 4.78 is 0. The molecule has 1 N–H and O–H groups in total. The fraction of sp³-hybridized carbons (Fsp3) is 0.0667. The predicted octanol–water partition coefficient (Wildman–Crippen LogP) is 2.30. The zero-order valence-electron chi connectivity index (χ0n) is 10.8. The number of nitrogens with one attached hydrogen (secondary N) is 1. The van der Waals surface area contributed by atoms with Gasteiger partial charge in [0.1, 0.15) is 0 Å². The van der Waals surface area contributed by atoms with Crippen LogP contribution >= 0.6 is 0 Å². The first-order valence-corrected chi connectivity index (χ1v) is 5.89. The summed E-state index contributed by atoms with van der Waals surface area (Å²) in [7, 11) is 2.02. The predicted molar refractivity (Wildman–Crippen MR) is 81.4 cm³/mol. The van der Waals surface area contributed by atoms with E-state index in [1.165, 1.54) is 5.46 Å². The molecule has 0 unspecified atom stereocenters. The van der Waals surface area contributed by atoms with Crippen LogP contribution in [0.5, 0.6) is 0 Å². The van der Waals surface area contributed by atoms with E-state index in [4.69, 9.17) is 0 Å². The van der Waals surface area contributed by atoms with Crippen LogP contribution in [0.2, 0.25) is 0 Å². The standard InChI is InChI=1S/C15H19BN2/c1-4-6-13-17-16(18(3)14-7-5-2)15-11-9-8-10-12-15/h4-14,17H,1-2H2,3H3/b13-6-,14-7-. The van der Waals surface area contributed by atoms with Crippen LogP contribution in [0.4, 0.5) is 0 Å². The van der Waals surface area contributed by atoms with Crippen LogP contribution in [0.3, 0.4) is 0 Å². The van der Waals surface area contributed by atoms with Crippen molar-refractivity contribution in [1.82, 2.24) is 10.0 Å². The SMILES string of the molecule is C=C/C=C\NB(c1ccccc1)N(C)/C=C\C=C. The van der Waals surface area contributed by atoms with Crippen molar-refractivity contribution >= 4 is 12.4 Å². The maximum atomic E-state index is 3.68. The normalized spacial score (nSPS) is 10.5. The average Bonchev–Trinajstić information content (AvgIpc) is 2.42. The third kappa shape index (κ3) is 4.38. The van der Waals surface area contributed by atoms with E-state index in [2.05, 4.69) is 35.3 Å². The minimum Gasteiger partial charge on any atom is -0.411 e. The number of nitrogens with zero attached hydrogens (tertiary/aromatic N) is 1. The second kappa shape index (κ2) is 8.01. The molecule has 0 saturated carbocycles. The maximum absolute atomic E-state index is 3.68. The van der Waals surface area contributed by atoms with E-state index in [9.17, 15) is 0 Å². The van der Waals surface area contributed by atoms with E-state index < -0.39 is 0 Å². The second-order valence-corrected chi connectivity index (χ2v) is 3.82. The molecule has 0 heterocycles. The van der Waals surface area contributed by atoms with Crippen molar-refractivity contribution < 1.29 is 0 Å². The number of allylic oxidation sites excluding steroid dienone is 4. The highest BCUT2D eigenvalue weighted by Gasteiger charge is 2.19. The van der Waals surface area contributed by atoms with E-state index >= 15 is 0 Å². The molecule has 0 spiro atoms. The molecule has 2 nitrogen and oxygen atoms in total. The van der Waals surface area contributed by atoms with Gasteiger partial charge in [0.25, 0.3) is 0 Å². The molecule has 0 fully saturated rings. The fourth-order valence-corrected chi connectivity index (χ4v) is 1.58. The molecule has 0 aromatic heterocycles. The van der Waals surface area contributed by atoms with E-state index in [1.54, 1.807) is 12.2 Å². The van der Waals surface area contributed by atoms with Crippen LogP contribution < -0.4 is 10.7 Å². The first-order chi connectivity index (χ1) is 8.79. The topological polar surface area (TPSA) is 15.3 Å². The van der Waals surface area contributed by atoms with Crippen LogP contribution in [0.25, 0.3) is 0 Å². The molecule has 1 aromatic carbocycles. The number of hydrogen-bond donors (Lipinski definition) is 1. The van der Waals surface area contributed by atoms with Crippen molar-refractivity contribution in [3.05, 3.63) is 80.2 Å². The third-order valence-electron chi connectivity index (χ3n) is 2.47. The van der Waals surface area contributed by atoms with Gasteiger partial charge in [-0.25, -0.2) is 0 Å². The molecular weight excluding hydrogens is 219 g/mol. The molecular formula is C15H19BN2. The van der Waals surface area contributed by atoms with E-state index in [1.807, 2.05) is 49.8 Å². The molecule has 1 rings (SSSR count). The van der Waals surface area contributed by atoms with Crippen molar-refractivity contribution in [3.63, 3.8) is 0 Å². The maximum Gasteiger partial charge on any atom is 0.407 e. The van der Waals surface area contributed by atoms with Crippen LogP contribution in [0.1, 0.15) is 0 Å². The Balaban J connectivity index is 2.87. The van der Waals surface area contributed by atoms with Gasteiger partial charge in [-0.05, 0) is 37.1 Å². The van der Waals surface area contributed by atoms with Crippen molar-refractivity contribution in [2.45, 2.75) is 0 Å².